The van der Waals surface area contributed by atoms with Gasteiger partial charge in [-0.1, -0.05) is 13.8 Å². The van der Waals surface area contributed by atoms with Crippen molar-refractivity contribution in [1.29, 1.82) is 0 Å². The molecular weight excluding hydrogens is 210 g/mol. The fraction of sp³-hybridized carbons (Fsp3) is 0.714. The van der Waals surface area contributed by atoms with Gasteiger partial charge in [0.05, 0.1) is 0 Å². The van der Waals surface area contributed by atoms with E-state index in [1.54, 1.807) is 0 Å². The Morgan fingerprint density at radius 3 is 2.71 bits per heavy atom. The van der Waals surface area contributed by atoms with Gasteiger partial charge >= 0.3 is 0 Å². The predicted octanol–water partition coefficient (Wildman–Crippen LogP) is 2.22. The average molecular weight is 233 g/mol. The number of nitrogens with zero attached hydrogens (tertiary/aromatic N) is 2. The number of nitrogens with one attached hydrogen (secondary N) is 1. The molecule has 0 aliphatic carbocycles. The molecule has 1 unspecified atom stereocenters. The van der Waals surface area contributed by atoms with Crippen LogP contribution in [0.4, 0.5) is 0 Å². The molecule has 0 radical (unpaired) electrons. The average Bonchev–Trinajstić information content (AvgIpc) is 2.32. The number of piperidine rings is 1. The zero-order valence-corrected chi connectivity index (χ0v) is 10.9. The van der Waals surface area contributed by atoms with Crippen molar-refractivity contribution in [2.75, 3.05) is 13.1 Å². The SMILES string of the molecule is CC(C)Cc1cnc(CC2CCCNC2)nc1. The Hall–Kier alpha value is -0.960. The van der Waals surface area contributed by atoms with Crippen molar-refractivity contribution in [2.24, 2.45) is 11.8 Å². The fourth-order valence-electron chi connectivity index (χ4n) is 2.42. The number of hydrogen-bond donors (Lipinski definition) is 1. The van der Waals surface area contributed by atoms with Gasteiger partial charge in [-0.3, -0.25) is 0 Å². The van der Waals surface area contributed by atoms with Crippen molar-refractivity contribution in [1.82, 2.24) is 15.3 Å². The highest BCUT2D eigenvalue weighted by Crippen LogP contribution is 2.14. The molecule has 1 N–H and O–H groups in total. The summed E-state index contributed by atoms with van der Waals surface area (Å²) in [7, 11) is 0. The molecular formula is C14H23N3. The lowest BCUT2D eigenvalue weighted by Gasteiger charge is -2.21. The molecule has 0 spiro atoms. The van der Waals surface area contributed by atoms with Crippen molar-refractivity contribution in [3.8, 4) is 0 Å². The van der Waals surface area contributed by atoms with Crippen LogP contribution >= 0.6 is 0 Å². The highest BCUT2D eigenvalue weighted by molar-refractivity contribution is 5.06. The second kappa shape index (κ2) is 6.10. The summed E-state index contributed by atoms with van der Waals surface area (Å²) in [5.74, 6) is 2.40. The summed E-state index contributed by atoms with van der Waals surface area (Å²) >= 11 is 0. The summed E-state index contributed by atoms with van der Waals surface area (Å²) in [6, 6.07) is 0. The molecule has 3 heteroatoms. The van der Waals surface area contributed by atoms with E-state index >= 15 is 0 Å². The smallest absolute Gasteiger partial charge is 0.128 e. The molecule has 1 atom stereocenters. The zero-order chi connectivity index (χ0) is 12.1. The van der Waals surface area contributed by atoms with Crippen molar-refractivity contribution in [2.45, 2.75) is 39.5 Å². The molecule has 0 amide bonds. The first-order chi connectivity index (χ1) is 8.24. The second-order valence-corrected chi connectivity index (χ2v) is 5.52. The van der Waals surface area contributed by atoms with Gasteiger partial charge in [-0.2, -0.15) is 0 Å². The first-order valence-corrected chi connectivity index (χ1v) is 6.74. The summed E-state index contributed by atoms with van der Waals surface area (Å²) in [5.41, 5.74) is 1.26. The number of aromatic nitrogens is 2. The van der Waals surface area contributed by atoms with E-state index in [0.29, 0.717) is 5.92 Å². The molecule has 2 heterocycles. The quantitative estimate of drug-likeness (QED) is 0.866. The number of rotatable bonds is 4. The Labute approximate surface area is 104 Å². The molecule has 2 rings (SSSR count). The highest BCUT2D eigenvalue weighted by Gasteiger charge is 2.14. The van der Waals surface area contributed by atoms with E-state index in [-0.39, 0.29) is 0 Å². The summed E-state index contributed by atoms with van der Waals surface area (Å²) in [5, 5.41) is 3.44. The van der Waals surface area contributed by atoms with Gasteiger partial charge in [0.1, 0.15) is 5.82 Å². The van der Waals surface area contributed by atoms with E-state index in [2.05, 4.69) is 29.1 Å². The van der Waals surface area contributed by atoms with Crippen LogP contribution in [0.15, 0.2) is 12.4 Å². The van der Waals surface area contributed by atoms with Crippen LogP contribution in [0.2, 0.25) is 0 Å². The van der Waals surface area contributed by atoms with Gasteiger partial charge in [0, 0.05) is 18.8 Å². The molecule has 1 saturated heterocycles. The lowest BCUT2D eigenvalue weighted by atomic mass is 9.96. The molecule has 3 nitrogen and oxygen atoms in total. The summed E-state index contributed by atoms with van der Waals surface area (Å²) in [6.45, 7) is 6.74. The van der Waals surface area contributed by atoms with Gasteiger partial charge in [-0.25, -0.2) is 9.97 Å². The zero-order valence-electron chi connectivity index (χ0n) is 10.9. The molecule has 1 aromatic heterocycles. The van der Waals surface area contributed by atoms with Gasteiger partial charge in [0.25, 0.3) is 0 Å². The largest absolute Gasteiger partial charge is 0.316 e. The third-order valence-corrected chi connectivity index (χ3v) is 3.27. The Kier molecular flexibility index (Phi) is 4.49. The maximum atomic E-state index is 4.49. The van der Waals surface area contributed by atoms with Crippen molar-refractivity contribution in [3.63, 3.8) is 0 Å². The van der Waals surface area contributed by atoms with Gasteiger partial charge in [-0.15, -0.1) is 0 Å². The van der Waals surface area contributed by atoms with Gasteiger partial charge in [0.15, 0.2) is 0 Å². The van der Waals surface area contributed by atoms with Gasteiger partial charge < -0.3 is 5.32 Å². The van der Waals surface area contributed by atoms with Crippen molar-refractivity contribution in [3.05, 3.63) is 23.8 Å². The van der Waals surface area contributed by atoms with E-state index in [4.69, 9.17) is 0 Å². The molecule has 94 valence electrons. The van der Waals surface area contributed by atoms with Crippen LogP contribution in [-0.4, -0.2) is 23.1 Å². The van der Waals surface area contributed by atoms with Crippen LogP contribution in [-0.2, 0) is 12.8 Å². The third-order valence-electron chi connectivity index (χ3n) is 3.27. The van der Waals surface area contributed by atoms with Crippen LogP contribution in [0.5, 0.6) is 0 Å². The summed E-state index contributed by atoms with van der Waals surface area (Å²) < 4.78 is 0. The van der Waals surface area contributed by atoms with Crippen LogP contribution in [0.1, 0.15) is 38.1 Å². The topological polar surface area (TPSA) is 37.8 Å². The molecule has 1 aromatic rings. The van der Waals surface area contributed by atoms with E-state index in [1.807, 2.05) is 12.4 Å². The second-order valence-electron chi connectivity index (χ2n) is 5.52. The van der Waals surface area contributed by atoms with E-state index in [9.17, 15) is 0 Å². The van der Waals surface area contributed by atoms with Crippen molar-refractivity contribution >= 4 is 0 Å². The first-order valence-electron chi connectivity index (χ1n) is 6.74. The Balaban J connectivity index is 1.88. The van der Waals surface area contributed by atoms with Crippen LogP contribution in [0.25, 0.3) is 0 Å². The van der Waals surface area contributed by atoms with Gasteiger partial charge in [-0.05, 0) is 49.8 Å². The lowest BCUT2D eigenvalue weighted by molar-refractivity contribution is 0.370. The Bertz CT molecular complexity index is 326. The monoisotopic (exact) mass is 233 g/mol. The third kappa shape index (κ3) is 4.08. The standard InChI is InChI=1S/C14H23N3/c1-11(2)6-13-9-16-14(17-10-13)7-12-4-3-5-15-8-12/h9-12,15H,3-8H2,1-2H3. The van der Waals surface area contributed by atoms with Crippen LogP contribution < -0.4 is 5.32 Å². The summed E-state index contributed by atoms with van der Waals surface area (Å²) in [4.78, 5) is 8.97. The minimum atomic E-state index is 0.673. The summed E-state index contributed by atoms with van der Waals surface area (Å²) in [6.07, 6.45) is 8.69. The molecule has 1 fully saturated rings. The minimum Gasteiger partial charge on any atom is -0.316 e. The van der Waals surface area contributed by atoms with Crippen molar-refractivity contribution < 1.29 is 0 Å². The molecule has 0 saturated carbocycles. The van der Waals surface area contributed by atoms with Crippen LogP contribution in [0.3, 0.4) is 0 Å². The maximum absolute atomic E-state index is 4.49. The Morgan fingerprint density at radius 1 is 1.35 bits per heavy atom. The maximum Gasteiger partial charge on any atom is 0.128 e. The fourth-order valence-corrected chi connectivity index (χ4v) is 2.42. The van der Waals surface area contributed by atoms with E-state index in [1.165, 1.54) is 24.9 Å². The molecule has 1 aliphatic heterocycles. The predicted molar refractivity (Wildman–Crippen MR) is 69.9 cm³/mol. The number of hydrogen-bond acceptors (Lipinski definition) is 3. The molecule has 1 aliphatic rings. The molecule has 17 heavy (non-hydrogen) atoms. The molecule has 0 bridgehead atoms. The Morgan fingerprint density at radius 2 is 2.12 bits per heavy atom. The minimum absolute atomic E-state index is 0.673. The highest BCUT2D eigenvalue weighted by atomic mass is 14.9. The molecule has 0 aromatic carbocycles. The van der Waals surface area contributed by atoms with Gasteiger partial charge in [0.2, 0.25) is 0 Å². The lowest BCUT2D eigenvalue weighted by Crippen LogP contribution is -2.31. The normalized spacial score (nSPS) is 20.8. The van der Waals surface area contributed by atoms with E-state index in [0.717, 1.165) is 31.1 Å². The first kappa shape index (κ1) is 12.5. The van der Waals surface area contributed by atoms with Crippen LogP contribution in [0, 0.1) is 11.8 Å². The van der Waals surface area contributed by atoms with E-state index < -0.39 is 0 Å².